The van der Waals surface area contributed by atoms with Crippen molar-refractivity contribution >= 4 is 22.9 Å². The van der Waals surface area contributed by atoms with Crippen LogP contribution in [-0.2, 0) is 11.8 Å². The third-order valence-electron chi connectivity index (χ3n) is 4.61. The molecule has 29 heavy (non-hydrogen) atoms. The molecule has 3 heterocycles. The molecule has 0 radical (unpaired) electrons. The Morgan fingerprint density at radius 3 is 2.55 bits per heavy atom. The van der Waals surface area contributed by atoms with E-state index >= 15 is 0 Å². The fourth-order valence-corrected chi connectivity index (χ4v) is 2.91. The van der Waals surface area contributed by atoms with E-state index in [-0.39, 0.29) is 17.0 Å². The highest BCUT2D eigenvalue weighted by Gasteiger charge is 2.21. The Labute approximate surface area is 163 Å². The highest BCUT2D eigenvalue weighted by Crippen LogP contribution is 2.18. The second-order valence-corrected chi connectivity index (χ2v) is 6.48. The number of nitrogens with zero attached hydrogens (tertiary/aromatic N) is 5. The average Bonchev–Trinajstić information content (AvgIpc) is 3.16. The van der Waals surface area contributed by atoms with Gasteiger partial charge in [-0.3, -0.25) is 19.1 Å². The summed E-state index contributed by atoms with van der Waals surface area (Å²) in [6.07, 6.45) is 1.34. The van der Waals surface area contributed by atoms with E-state index in [9.17, 15) is 14.4 Å². The van der Waals surface area contributed by atoms with Crippen LogP contribution in [0.15, 0.2) is 58.4 Å². The van der Waals surface area contributed by atoms with Gasteiger partial charge < -0.3 is 9.88 Å². The summed E-state index contributed by atoms with van der Waals surface area (Å²) >= 11 is 0. The van der Waals surface area contributed by atoms with E-state index in [1.165, 1.54) is 17.9 Å². The van der Waals surface area contributed by atoms with Crippen molar-refractivity contribution in [1.82, 2.24) is 29.3 Å². The van der Waals surface area contributed by atoms with Gasteiger partial charge in [-0.25, -0.2) is 9.78 Å². The molecule has 0 saturated carbocycles. The molecule has 4 rings (SSSR count). The number of benzene rings is 1. The van der Waals surface area contributed by atoms with E-state index in [1.54, 1.807) is 19.1 Å². The minimum Gasteiger partial charge on any atom is -0.312 e. The number of H-pyrrole nitrogens is 1. The summed E-state index contributed by atoms with van der Waals surface area (Å²) in [6.45, 7) is 1.62. The van der Waals surface area contributed by atoms with Crippen LogP contribution in [0.25, 0.3) is 22.4 Å². The minimum atomic E-state index is -0.769. The fourth-order valence-electron chi connectivity index (χ4n) is 2.91. The molecular weight excluding hydrogens is 374 g/mol. The zero-order valence-electron chi connectivity index (χ0n) is 15.7. The maximum Gasteiger partial charge on any atom is 0.329 e. The van der Waals surface area contributed by atoms with Gasteiger partial charge in [0.05, 0.1) is 12.0 Å². The van der Waals surface area contributed by atoms with Crippen LogP contribution in [0.1, 0.15) is 13.0 Å². The lowest BCUT2D eigenvalue weighted by Gasteiger charge is -2.14. The number of imidazole rings is 1. The van der Waals surface area contributed by atoms with Crippen molar-refractivity contribution in [2.24, 2.45) is 7.05 Å². The second-order valence-electron chi connectivity index (χ2n) is 6.48. The smallest absolute Gasteiger partial charge is 0.312 e. The average molecular weight is 391 g/mol. The Balaban J connectivity index is 1.58. The highest BCUT2D eigenvalue weighted by molar-refractivity contribution is 5.93. The molecule has 0 saturated heterocycles. The van der Waals surface area contributed by atoms with Gasteiger partial charge in [-0.2, -0.15) is 0 Å². The van der Waals surface area contributed by atoms with Crippen molar-refractivity contribution in [3.8, 4) is 11.3 Å². The molecule has 10 heteroatoms. The van der Waals surface area contributed by atoms with Gasteiger partial charge in [0, 0.05) is 12.6 Å². The third kappa shape index (κ3) is 3.31. The van der Waals surface area contributed by atoms with E-state index in [0.717, 1.165) is 10.1 Å². The number of aromatic amines is 1. The summed E-state index contributed by atoms with van der Waals surface area (Å²) in [5, 5.41) is 10.9. The first-order valence-electron chi connectivity index (χ1n) is 8.81. The minimum absolute atomic E-state index is 0.129. The summed E-state index contributed by atoms with van der Waals surface area (Å²) in [5.74, 6) is -0.119. The van der Waals surface area contributed by atoms with Gasteiger partial charge in [-0.05, 0) is 19.1 Å². The Morgan fingerprint density at radius 1 is 1.10 bits per heavy atom. The van der Waals surface area contributed by atoms with Crippen LogP contribution < -0.4 is 16.6 Å². The van der Waals surface area contributed by atoms with Gasteiger partial charge in [0.1, 0.15) is 6.04 Å². The zero-order valence-corrected chi connectivity index (χ0v) is 15.7. The van der Waals surface area contributed by atoms with Crippen molar-refractivity contribution in [2.45, 2.75) is 13.0 Å². The summed E-state index contributed by atoms with van der Waals surface area (Å²) < 4.78 is 2.34. The predicted octanol–water partition coefficient (Wildman–Crippen LogP) is 1.08. The quantitative estimate of drug-likeness (QED) is 0.536. The van der Waals surface area contributed by atoms with Crippen LogP contribution in [0.4, 0.5) is 5.82 Å². The zero-order chi connectivity index (χ0) is 20.5. The molecule has 3 aromatic heterocycles. The normalized spacial score (nSPS) is 12.1. The topological polar surface area (TPSA) is 128 Å². The van der Waals surface area contributed by atoms with Gasteiger partial charge in [0.15, 0.2) is 17.0 Å². The fraction of sp³-hybridized carbons (Fsp3) is 0.158. The molecule has 146 valence electrons. The summed E-state index contributed by atoms with van der Waals surface area (Å²) in [4.78, 5) is 43.3. The molecule has 0 aliphatic heterocycles. The molecule has 0 aliphatic rings. The highest BCUT2D eigenvalue weighted by atomic mass is 16.2. The molecule has 2 N–H and O–H groups in total. The first-order chi connectivity index (χ1) is 14.0. The Hall–Kier alpha value is -4.08. The van der Waals surface area contributed by atoms with Crippen LogP contribution in [0.3, 0.4) is 0 Å². The standard InChI is InChI=1S/C19H17N7O3/c1-11(26-10-20-16-15(26)18(28)25(2)19(29)22-16)17(27)21-14-9-8-13(23-24-14)12-6-4-3-5-7-12/h3-11H,1-2H3,(H,22,29)(H,21,24,27)/t11-/m1/s1. The molecule has 0 spiro atoms. The number of rotatable bonds is 4. The number of fused-ring (bicyclic) bond motifs is 1. The maximum atomic E-state index is 12.7. The van der Waals surface area contributed by atoms with E-state index in [0.29, 0.717) is 5.69 Å². The molecular formula is C19H17N7O3. The van der Waals surface area contributed by atoms with Crippen LogP contribution in [-0.4, -0.2) is 35.2 Å². The van der Waals surface area contributed by atoms with Gasteiger partial charge in [-0.15, -0.1) is 10.2 Å². The van der Waals surface area contributed by atoms with Crippen LogP contribution in [0.5, 0.6) is 0 Å². The van der Waals surface area contributed by atoms with Crippen molar-refractivity contribution in [3.05, 3.63) is 69.6 Å². The van der Waals surface area contributed by atoms with Gasteiger partial charge >= 0.3 is 5.69 Å². The van der Waals surface area contributed by atoms with Crippen molar-refractivity contribution in [1.29, 1.82) is 0 Å². The first kappa shape index (κ1) is 18.3. The second kappa shape index (κ2) is 7.15. The largest absolute Gasteiger partial charge is 0.329 e. The lowest BCUT2D eigenvalue weighted by molar-refractivity contribution is -0.118. The van der Waals surface area contributed by atoms with Crippen molar-refractivity contribution in [2.75, 3.05) is 5.32 Å². The van der Waals surface area contributed by atoms with E-state index < -0.39 is 23.2 Å². The summed E-state index contributed by atoms with van der Waals surface area (Å²) in [6, 6.07) is 12.2. The first-order valence-corrected chi connectivity index (χ1v) is 8.81. The molecule has 0 bridgehead atoms. The van der Waals surface area contributed by atoms with Gasteiger partial charge in [0.25, 0.3) is 5.56 Å². The number of hydrogen-bond acceptors (Lipinski definition) is 6. The number of anilines is 1. The Morgan fingerprint density at radius 2 is 1.86 bits per heavy atom. The number of nitrogens with one attached hydrogen (secondary N) is 2. The monoisotopic (exact) mass is 391 g/mol. The van der Waals surface area contributed by atoms with Gasteiger partial charge in [0.2, 0.25) is 5.91 Å². The molecule has 1 atom stereocenters. The Kier molecular flexibility index (Phi) is 4.51. The number of hydrogen-bond donors (Lipinski definition) is 2. The lowest BCUT2D eigenvalue weighted by atomic mass is 10.1. The number of amides is 1. The van der Waals surface area contributed by atoms with Crippen LogP contribution in [0.2, 0.25) is 0 Å². The summed E-state index contributed by atoms with van der Waals surface area (Å²) in [5.41, 5.74) is 0.766. The maximum absolute atomic E-state index is 12.7. The molecule has 1 aromatic carbocycles. The SMILES string of the molecule is C[C@H](C(=O)Nc1ccc(-c2ccccc2)nn1)n1cnc2[nH]c(=O)n(C)c(=O)c21. The van der Waals surface area contributed by atoms with E-state index in [1.807, 2.05) is 30.3 Å². The van der Waals surface area contributed by atoms with Crippen molar-refractivity contribution in [3.63, 3.8) is 0 Å². The van der Waals surface area contributed by atoms with Crippen LogP contribution in [0, 0.1) is 0 Å². The molecule has 0 unspecified atom stereocenters. The molecule has 0 aliphatic carbocycles. The molecule has 1 amide bonds. The van der Waals surface area contributed by atoms with E-state index in [4.69, 9.17) is 0 Å². The molecule has 0 fully saturated rings. The third-order valence-corrected chi connectivity index (χ3v) is 4.61. The Bertz CT molecular complexity index is 1300. The number of carbonyl (C=O) groups excluding carboxylic acids is 1. The molecule has 4 aromatic rings. The molecule has 10 nitrogen and oxygen atoms in total. The summed E-state index contributed by atoms with van der Waals surface area (Å²) in [7, 11) is 1.35. The van der Waals surface area contributed by atoms with Crippen molar-refractivity contribution < 1.29 is 4.79 Å². The number of aromatic nitrogens is 6. The number of carbonyl (C=O) groups is 1. The lowest BCUT2D eigenvalue weighted by Crippen LogP contribution is -2.34. The van der Waals surface area contributed by atoms with Gasteiger partial charge in [-0.1, -0.05) is 30.3 Å². The predicted molar refractivity (Wildman–Crippen MR) is 106 cm³/mol. The van der Waals surface area contributed by atoms with Crippen LogP contribution >= 0.6 is 0 Å². The van der Waals surface area contributed by atoms with E-state index in [2.05, 4.69) is 25.5 Å².